The average molecular weight is 1250 g/mol. The first-order valence-corrected chi connectivity index (χ1v) is 33.4. The lowest BCUT2D eigenvalue weighted by atomic mass is 9.98. The molecule has 8 heteroatoms. The van der Waals surface area contributed by atoms with E-state index < -0.39 is 0 Å². The molecule has 8 nitrogen and oxygen atoms in total. The summed E-state index contributed by atoms with van der Waals surface area (Å²) in [5, 5.41) is 18.1. The first kappa shape index (κ1) is 54.1. The van der Waals surface area contributed by atoms with E-state index in [1.54, 1.807) is 0 Å². The van der Waals surface area contributed by atoms with Gasteiger partial charge in [-0.05, 0) is 51.4 Å². The Morgan fingerprint density at radius 3 is 0.765 bits per heavy atom. The van der Waals surface area contributed by atoms with Gasteiger partial charge in [0.15, 0.2) is 29.1 Å². The standard InChI is InChI=1S/C90H54N8/c1-3-27-60(28-4-1)86-91-87(61-29-5-2-6-30-61)93-88(92-86)62-45-43-59(44-46-62)79-84(95-75-39-19-15-35-67(75)71-51-47-55-23-7-11-31-63(55)80(71)95)89(97-77-41-21-17-37-69(77)73-53-49-57-25-9-13-33-65(57)82(73)97)94-90(98-78-42-22-18-38-70(78)74-54-50-58-26-10-14-34-66(58)83(74)98)85(79)96-76-40-20-16-36-68(76)72-52-48-56-24-8-12-32-64(56)81(72)96/h1-54H. The molecule has 0 saturated heterocycles. The lowest BCUT2D eigenvalue weighted by Gasteiger charge is -2.27. The molecular weight excluding hydrogens is 1190 g/mol. The average Bonchev–Trinajstić information content (AvgIpc) is 1.48. The Bertz CT molecular complexity index is 6530. The maximum atomic E-state index is 6.76. The van der Waals surface area contributed by atoms with Crippen LogP contribution in [0.5, 0.6) is 0 Å². The van der Waals surface area contributed by atoms with E-state index in [1.807, 2.05) is 36.4 Å². The van der Waals surface area contributed by atoms with Crippen molar-refractivity contribution in [3.8, 4) is 68.3 Å². The van der Waals surface area contributed by atoms with Crippen LogP contribution in [0.25, 0.3) is 199 Å². The van der Waals surface area contributed by atoms with Crippen molar-refractivity contribution in [2.45, 2.75) is 0 Å². The van der Waals surface area contributed by atoms with Crippen LogP contribution in [0.2, 0.25) is 0 Å². The molecule has 21 aromatic rings. The molecule has 0 aliphatic carbocycles. The van der Waals surface area contributed by atoms with Crippen LogP contribution in [-0.2, 0) is 0 Å². The van der Waals surface area contributed by atoms with Crippen molar-refractivity contribution in [1.29, 1.82) is 0 Å². The van der Waals surface area contributed by atoms with Crippen LogP contribution in [0.15, 0.2) is 328 Å². The smallest absolute Gasteiger partial charge is 0.165 e. The molecular formula is C90H54N8. The number of benzene rings is 15. The third-order valence-corrected chi connectivity index (χ3v) is 20.3. The highest BCUT2D eigenvalue weighted by Gasteiger charge is 2.34. The molecule has 454 valence electrons. The van der Waals surface area contributed by atoms with Crippen molar-refractivity contribution in [2.75, 3.05) is 0 Å². The van der Waals surface area contributed by atoms with Gasteiger partial charge in [-0.15, -0.1) is 0 Å². The van der Waals surface area contributed by atoms with E-state index in [0.29, 0.717) is 17.5 Å². The molecule has 0 atom stereocenters. The minimum Gasteiger partial charge on any atom is -0.305 e. The molecule has 0 unspecified atom stereocenters. The molecule has 0 fully saturated rings. The van der Waals surface area contributed by atoms with Gasteiger partial charge < -0.3 is 9.13 Å². The van der Waals surface area contributed by atoms with Crippen LogP contribution in [0.4, 0.5) is 0 Å². The molecule has 6 aromatic heterocycles. The largest absolute Gasteiger partial charge is 0.305 e. The molecule has 0 amide bonds. The molecule has 21 rings (SSSR count). The van der Waals surface area contributed by atoms with Crippen LogP contribution < -0.4 is 0 Å². The summed E-state index contributed by atoms with van der Waals surface area (Å²) in [5.41, 5.74) is 14.9. The number of nitrogens with zero attached hydrogens (tertiary/aromatic N) is 8. The molecule has 6 heterocycles. The van der Waals surface area contributed by atoms with Crippen molar-refractivity contribution in [2.24, 2.45) is 0 Å². The van der Waals surface area contributed by atoms with Crippen molar-refractivity contribution < 1.29 is 0 Å². The van der Waals surface area contributed by atoms with Gasteiger partial charge in [0.2, 0.25) is 0 Å². The molecule has 98 heavy (non-hydrogen) atoms. The van der Waals surface area contributed by atoms with Gasteiger partial charge >= 0.3 is 0 Å². The SMILES string of the molecule is c1ccc(-c2nc(-c3ccccc3)nc(-c3ccc(-c4c(-n5c6ccccc6c6ccc7ccccc7c65)c(-n5c6ccccc6c6ccc7ccccc7c65)nc(-n5c6ccccc6c6ccc7ccccc7c65)c4-n4c5ccccc5c5ccc6ccccc6c54)cc3)n2)cc1. The van der Waals surface area contributed by atoms with Crippen LogP contribution in [0, 0.1) is 0 Å². The van der Waals surface area contributed by atoms with Crippen LogP contribution in [-0.4, -0.2) is 38.2 Å². The summed E-state index contributed by atoms with van der Waals surface area (Å²) in [5.74, 6) is 3.28. The Hall–Kier alpha value is -13.3. The van der Waals surface area contributed by atoms with Crippen molar-refractivity contribution in [3.63, 3.8) is 0 Å². The number of pyridine rings is 1. The van der Waals surface area contributed by atoms with E-state index in [2.05, 4.69) is 309 Å². The monoisotopic (exact) mass is 1250 g/mol. The van der Waals surface area contributed by atoms with E-state index >= 15 is 0 Å². The molecule has 0 radical (unpaired) electrons. The zero-order valence-electron chi connectivity index (χ0n) is 52.8. The summed E-state index contributed by atoms with van der Waals surface area (Å²) in [6, 6.07) is 119. The summed E-state index contributed by atoms with van der Waals surface area (Å²) < 4.78 is 10.2. The van der Waals surface area contributed by atoms with Gasteiger partial charge in [-0.2, -0.15) is 0 Å². The molecule has 0 saturated carbocycles. The topological polar surface area (TPSA) is 71.3 Å². The number of hydrogen-bond donors (Lipinski definition) is 0. The Balaban J connectivity index is 1.04. The fourth-order valence-corrected chi connectivity index (χ4v) is 16.1. The zero-order valence-corrected chi connectivity index (χ0v) is 52.8. The molecule has 15 aromatic carbocycles. The van der Waals surface area contributed by atoms with E-state index in [4.69, 9.17) is 19.9 Å². The van der Waals surface area contributed by atoms with Gasteiger partial charge in [-0.25, -0.2) is 19.9 Å². The molecule has 0 aliphatic heterocycles. The summed E-state index contributed by atoms with van der Waals surface area (Å²) in [6.45, 7) is 0. The number of fused-ring (bicyclic) bond motifs is 20. The quantitative estimate of drug-likeness (QED) is 0.152. The van der Waals surface area contributed by atoms with E-state index in [9.17, 15) is 0 Å². The van der Waals surface area contributed by atoms with Crippen LogP contribution >= 0.6 is 0 Å². The Morgan fingerprint density at radius 1 is 0.173 bits per heavy atom. The number of rotatable bonds is 8. The molecule has 0 spiro atoms. The van der Waals surface area contributed by atoms with Crippen molar-refractivity contribution in [1.82, 2.24) is 38.2 Å². The highest BCUT2D eigenvalue weighted by molar-refractivity contribution is 6.24. The Labute approximate surface area is 561 Å². The second-order valence-electron chi connectivity index (χ2n) is 25.6. The summed E-state index contributed by atoms with van der Waals surface area (Å²) in [7, 11) is 0. The lowest BCUT2D eigenvalue weighted by Crippen LogP contribution is -2.16. The van der Waals surface area contributed by atoms with E-state index in [-0.39, 0.29) is 0 Å². The predicted molar refractivity (Wildman–Crippen MR) is 407 cm³/mol. The predicted octanol–water partition coefficient (Wildman–Crippen LogP) is 22.9. The fourth-order valence-electron chi connectivity index (χ4n) is 16.1. The van der Waals surface area contributed by atoms with Gasteiger partial charge in [-0.3, -0.25) is 9.13 Å². The fraction of sp³-hybridized carbons (Fsp3) is 0. The molecule has 0 N–H and O–H groups in total. The Morgan fingerprint density at radius 2 is 0.429 bits per heavy atom. The highest BCUT2D eigenvalue weighted by Crippen LogP contribution is 2.51. The second kappa shape index (κ2) is 21.1. The molecule has 0 aliphatic rings. The van der Waals surface area contributed by atoms with Crippen molar-refractivity contribution in [3.05, 3.63) is 328 Å². The lowest BCUT2D eigenvalue weighted by molar-refractivity contribution is 0.964. The van der Waals surface area contributed by atoms with Crippen LogP contribution in [0.1, 0.15) is 0 Å². The number of para-hydroxylation sites is 4. The summed E-state index contributed by atoms with van der Waals surface area (Å²) >= 11 is 0. The van der Waals surface area contributed by atoms with Gasteiger partial charge in [0, 0.05) is 86.9 Å². The number of hydrogen-bond acceptors (Lipinski definition) is 4. The minimum atomic E-state index is 0.567. The van der Waals surface area contributed by atoms with Gasteiger partial charge in [0.25, 0.3) is 0 Å². The third kappa shape index (κ3) is 7.88. The maximum Gasteiger partial charge on any atom is 0.165 e. The van der Waals surface area contributed by atoms with Gasteiger partial charge in [0.1, 0.15) is 11.4 Å². The van der Waals surface area contributed by atoms with Gasteiger partial charge in [-0.1, -0.05) is 303 Å². The number of aromatic nitrogens is 8. The zero-order chi connectivity index (χ0) is 64.1. The third-order valence-electron chi connectivity index (χ3n) is 20.3. The van der Waals surface area contributed by atoms with Crippen molar-refractivity contribution >= 4 is 130 Å². The maximum absolute atomic E-state index is 6.76. The Kier molecular flexibility index (Phi) is 11.7. The first-order valence-electron chi connectivity index (χ1n) is 33.4. The van der Waals surface area contributed by atoms with Gasteiger partial charge in [0.05, 0.1) is 44.1 Å². The highest BCUT2D eigenvalue weighted by atomic mass is 15.2. The van der Waals surface area contributed by atoms with E-state index in [0.717, 1.165) is 181 Å². The summed E-state index contributed by atoms with van der Waals surface area (Å²) in [6.07, 6.45) is 0. The minimum absolute atomic E-state index is 0.567. The van der Waals surface area contributed by atoms with E-state index in [1.165, 1.54) is 0 Å². The molecule has 0 bridgehead atoms. The summed E-state index contributed by atoms with van der Waals surface area (Å²) in [4.78, 5) is 22.6. The normalized spacial score (nSPS) is 12.1. The first-order chi connectivity index (χ1) is 48.7. The second-order valence-corrected chi connectivity index (χ2v) is 25.6. The van der Waals surface area contributed by atoms with Crippen LogP contribution in [0.3, 0.4) is 0 Å².